The molecular formula is C21H25F2N5O. The van der Waals surface area contributed by atoms with Crippen LogP contribution in [0.3, 0.4) is 0 Å². The van der Waals surface area contributed by atoms with Crippen molar-refractivity contribution in [3.8, 4) is 0 Å². The highest BCUT2D eigenvalue weighted by Crippen LogP contribution is 2.30. The summed E-state index contributed by atoms with van der Waals surface area (Å²) in [5.41, 5.74) is 1.71. The van der Waals surface area contributed by atoms with Gasteiger partial charge in [-0.1, -0.05) is 0 Å². The number of aromatic nitrogens is 2. The van der Waals surface area contributed by atoms with Crippen LogP contribution in [0.25, 0.3) is 0 Å². The SMILES string of the molecule is CN(C)c1nc(N2CCCCC2)nc2c1CN(C(=O)c1ccc(F)cc1F)CC2. The average molecular weight is 401 g/mol. The fourth-order valence-electron chi connectivity index (χ4n) is 4.00. The number of amides is 1. The Morgan fingerprint density at radius 1 is 1.07 bits per heavy atom. The summed E-state index contributed by atoms with van der Waals surface area (Å²) in [5.74, 6) is -0.455. The summed E-state index contributed by atoms with van der Waals surface area (Å²) in [6.07, 6.45) is 4.10. The Labute approximate surface area is 169 Å². The maximum Gasteiger partial charge on any atom is 0.257 e. The van der Waals surface area contributed by atoms with Gasteiger partial charge in [0.25, 0.3) is 5.91 Å². The van der Waals surface area contributed by atoms with Gasteiger partial charge in [0.2, 0.25) is 5.95 Å². The Hall–Kier alpha value is -2.77. The minimum atomic E-state index is -0.842. The number of carbonyl (C=O) groups is 1. The third kappa shape index (κ3) is 3.88. The van der Waals surface area contributed by atoms with E-state index in [0.717, 1.165) is 61.1 Å². The van der Waals surface area contributed by atoms with E-state index < -0.39 is 17.5 Å². The fourth-order valence-corrected chi connectivity index (χ4v) is 4.00. The molecule has 0 radical (unpaired) electrons. The van der Waals surface area contributed by atoms with Crippen molar-refractivity contribution in [3.05, 3.63) is 46.7 Å². The van der Waals surface area contributed by atoms with Gasteiger partial charge >= 0.3 is 0 Å². The van der Waals surface area contributed by atoms with Gasteiger partial charge in [0.05, 0.1) is 17.8 Å². The molecular weight excluding hydrogens is 376 g/mol. The molecule has 154 valence electrons. The van der Waals surface area contributed by atoms with Gasteiger partial charge in [-0.3, -0.25) is 4.79 Å². The van der Waals surface area contributed by atoms with Gasteiger partial charge < -0.3 is 14.7 Å². The molecule has 29 heavy (non-hydrogen) atoms. The predicted octanol–water partition coefficient (Wildman–Crippen LogP) is 3.01. The minimum Gasteiger partial charge on any atom is -0.362 e. The maximum absolute atomic E-state index is 14.1. The maximum atomic E-state index is 14.1. The fraction of sp³-hybridized carbons (Fsp3) is 0.476. The number of hydrogen-bond donors (Lipinski definition) is 0. The van der Waals surface area contributed by atoms with E-state index in [1.807, 2.05) is 19.0 Å². The second-order valence-electron chi connectivity index (χ2n) is 7.82. The molecule has 1 aromatic heterocycles. The number of fused-ring (bicyclic) bond motifs is 1. The summed E-state index contributed by atoms with van der Waals surface area (Å²) < 4.78 is 27.3. The van der Waals surface area contributed by atoms with Gasteiger partial charge in [-0.05, 0) is 31.4 Å². The van der Waals surface area contributed by atoms with E-state index in [0.29, 0.717) is 19.5 Å². The molecule has 0 N–H and O–H groups in total. The summed E-state index contributed by atoms with van der Waals surface area (Å²) in [6.45, 7) is 2.66. The van der Waals surface area contributed by atoms with Crippen LogP contribution < -0.4 is 9.80 Å². The molecule has 2 aromatic rings. The zero-order chi connectivity index (χ0) is 20.5. The second-order valence-corrected chi connectivity index (χ2v) is 7.82. The monoisotopic (exact) mass is 401 g/mol. The molecule has 0 bridgehead atoms. The molecule has 0 unspecified atom stereocenters. The molecule has 1 fully saturated rings. The lowest BCUT2D eigenvalue weighted by Gasteiger charge is -2.33. The lowest BCUT2D eigenvalue weighted by Crippen LogP contribution is -2.39. The number of carbonyl (C=O) groups excluding carboxylic acids is 1. The Morgan fingerprint density at radius 2 is 1.83 bits per heavy atom. The molecule has 4 rings (SSSR count). The highest BCUT2D eigenvalue weighted by molar-refractivity contribution is 5.94. The van der Waals surface area contributed by atoms with Crippen molar-refractivity contribution >= 4 is 17.7 Å². The first kappa shape index (κ1) is 19.5. The Morgan fingerprint density at radius 3 is 2.52 bits per heavy atom. The first-order valence-corrected chi connectivity index (χ1v) is 10.0. The molecule has 1 saturated heterocycles. The van der Waals surface area contributed by atoms with Crippen LogP contribution in [-0.4, -0.2) is 54.5 Å². The largest absolute Gasteiger partial charge is 0.362 e. The van der Waals surface area contributed by atoms with Crippen molar-refractivity contribution in [2.24, 2.45) is 0 Å². The number of hydrogen-bond acceptors (Lipinski definition) is 5. The number of anilines is 2. The zero-order valence-electron chi connectivity index (χ0n) is 16.8. The summed E-state index contributed by atoms with van der Waals surface area (Å²) in [4.78, 5) is 28.2. The third-order valence-corrected chi connectivity index (χ3v) is 5.54. The van der Waals surface area contributed by atoms with Crippen LogP contribution in [-0.2, 0) is 13.0 Å². The number of benzene rings is 1. The lowest BCUT2D eigenvalue weighted by atomic mass is 10.0. The molecule has 8 heteroatoms. The molecule has 3 heterocycles. The van der Waals surface area contributed by atoms with Crippen LogP contribution in [0, 0.1) is 11.6 Å². The van der Waals surface area contributed by atoms with Crippen LogP contribution in [0.5, 0.6) is 0 Å². The van der Waals surface area contributed by atoms with Crippen molar-refractivity contribution in [1.82, 2.24) is 14.9 Å². The summed E-state index contributed by atoms with van der Waals surface area (Å²) >= 11 is 0. The predicted molar refractivity (Wildman–Crippen MR) is 107 cm³/mol. The van der Waals surface area contributed by atoms with Gasteiger partial charge in [-0.2, -0.15) is 4.98 Å². The van der Waals surface area contributed by atoms with Crippen LogP contribution >= 0.6 is 0 Å². The standard InChI is InChI=1S/C21H25F2N5O/c1-26(2)19-16-13-28(20(29)15-7-6-14(22)12-17(15)23)11-8-18(16)24-21(25-19)27-9-4-3-5-10-27/h6-7,12H,3-5,8-11,13H2,1-2H3. The molecule has 0 saturated carbocycles. The number of nitrogens with zero attached hydrogens (tertiary/aromatic N) is 5. The van der Waals surface area contributed by atoms with E-state index in [9.17, 15) is 13.6 Å². The summed E-state index contributed by atoms with van der Waals surface area (Å²) in [5, 5.41) is 0. The topological polar surface area (TPSA) is 52.6 Å². The van der Waals surface area contributed by atoms with E-state index in [1.54, 1.807) is 4.90 Å². The quantitative estimate of drug-likeness (QED) is 0.792. The van der Waals surface area contributed by atoms with Crippen molar-refractivity contribution in [2.45, 2.75) is 32.2 Å². The summed E-state index contributed by atoms with van der Waals surface area (Å²) in [7, 11) is 3.84. The molecule has 1 amide bonds. The van der Waals surface area contributed by atoms with Gasteiger partial charge in [-0.15, -0.1) is 0 Å². The average Bonchev–Trinajstić information content (AvgIpc) is 2.72. The Balaban J connectivity index is 1.63. The molecule has 1 aromatic carbocycles. The van der Waals surface area contributed by atoms with Crippen molar-refractivity contribution < 1.29 is 13.6 Å². The highest BCUT2D eigenvalue weighted by atomic mass is 19.1. The molecule has 2 aliphatic rings. The summed E-state index contributed by atoms with van der Waals surface area (Å²) in [6, 6.07) is 3.04. The number of piperidine rings is 1. The van der Waals surface area contributed by atoms with E-state index in [1.165, 1.54) is 12.5 Å². The minimum absolute atomic E-state index is 0.118. The first-order chi connectivity index (χ1) is 13.9. The highest BCUT2D eigenvalue weighted by Gasteiger charge is 2.29. The smallest absolute Gasteiger partial charge is 0.257 e. The number of halogens is 2. The molecule has 0 aliphatic carbocycles. The number of rotatable bonds is 3. The lowest BCUT2D eigenvalue weighted by molar-refractivity contribution is 0.0729. The van der Waals surface area contributed by atoms with Gasteiger partial charge in [0, 0.05) is 51.8 Å². The van der Waals surface area contributed by atoms with Gasteiger partial charge in [0.1, 0.15) is 17.5 Å². The van der Waals surface area contributed by atoms with Crippen LogP contribution in [0.1, 0.15) is 40.9 Å². The zero-order valence-corrected chi connectivity index (χ0v) is 16.8. The molecule has 0 atom stereocenters. The van der Waals surface area contributed by atoms with Crippen molar-refractivity contribution in [1.29, 1.82) is 0 Å². The third-order valence-electron chi connectivity index (χ3n) is 5.54. The van der Waals surface area contributed by atoms with E-state index >= 15 is 0 Å². The van der Waals surface area contributed by atoms with E-state index in [4.69, 9.17) is 9.97 Å². The van der Waals surface area contributed by atoms with Gasteiger partial charge in [-0.25, -0.2) is 13.8 Å². The van der Waals surface area contributed by atoms with Crippen LogP contribution in [0.15, 0.2) is 18.2 Å². The normalized spacial score (nSPS) is 16.6. The van der Waals surface area contributed by atoms with Gasteiger partial charge in [0.15, 0.2) is 0 Å². The van der Waals surface area contributed by atoms with Crippen LogP contribution in [0.4, 0.5) is 20.5 Å². The van der Waals surface area contributed by atoms with Crippen LogP contribution in [0.2, 0.25) is 0 Å². The second kappa shape index (κ2) is 7.93. The Kier molecular flexibility index (Phi) is 5.34. The first-order valence-electron chi connectivity index (χ1n) is 10.0. The molecule has 0 spiro atoms. The van der Waals surface area contributed by atoms with Crippen molar-refractivity contribution in [3.63, 3.8) is 0 Å². The van der Waals surface area contributed by atoms with E-state index in [2.05, 4.69) is 4.90 Å². The Bertz CT molecular complexity index is 928. The molecule has 6 nitrogen and oxygen atoms in total. The molecule has 2 aliphatic heterocycles. The van der Waals surface area contributed by atoms with E-state index in [-0.39, 0.29) is 5.56 Å². The van der Waals surface area contributed by atoms with Crippen molar-refractivity contribution in [2.75, 3.05) is 43.5 Å².